The van der Waals surface area contributed by atoms with Gasteiger partial charge in [-0.15, -0.1) is 0 Å². The van der Waals surface area contributed by atoms with Gasteiger partial charge in [0.15, 0.2) is 23.3 Å². The van der Waals surface area contributed by atoms with Crippen LogP contribution in [-0.2, 0) is 0 Å². The van der Waals surface area contributed by atoms with E-state index in [1.165, 1.54) is 0 Å². The molecule has 8 heteroatoms. The highest BCUT2D eigenvalue weighted by molar-refractivity contribution is 5.95. The van der Waals surface area contributed by atoms with Gasteiger partial charge in [0.05, 0.1) is 0 Å². The minimum Gasteiger partial charge on any atom is -0.348 e. The third-order valence-corrected chi connectivity index (χ3v) is 3.20. The van der Waals surface area contributed by atoms with Crippen molar-refractivity contribution in [3.05, 3.63) is 34.6 Å². The number of nitrogens with two attached hydrogens (primary N) is 1. The smallest absolute Gasteiger partial charge is 0.257 e. The molecule has 1 unspecified atom stereocenters. The number of amides is 1. The van der Waals surface area contributed by atoms with Crippen molar-refractivity contribution in [1.29, 1.82) is 0 Å². The summed E-state index contributed by atoms with van der Waals surface area (Å²) in [6.45, 7) is 0.0196. The Morgan fingerprint density at radius 1 is 1.05 bits per heavy atom. The summed E-state index contributed by atoms with van der Waals surface area (Å²) in [5.41, 5.74) is 3.90. The second-order valence-corrected chi connectivity index (χ2v) is 4.60. The summed E-state index contributed by atoms with van der Waals surface area (Å²) in [6, 6.07) is -0.544. The SMILES string of the molecule is NCC(NC(=O)c1c(F)c(F)c(F)c(F)c1F)C1CC1. The molecule has 1 amide bonds. The normalized spacial score (nSPS) is 16.1. The molecule has 0 spiro atoms. The zero-order chi connectivity index (χ0) is 15.0. The summed E-state index contributed by atoms with van der Waals surface area (Å²) in [5.74, 6) is -12.2. The zero-order valence-electron chi connectivity index (χ0n) is 10.2. The van der Waals surface area contributed by atoms with Gasteiger partial charge in [-0.1, -0.05) is 0 Å². The monoisotopic (exact) mass is 294 g/mol. The van der Waals surface area contributed by atoms with Crippen molar-refractivity contribution >= 4 is 5.91 Å². The van der Waals surface area contributed by atoms with Crippen LogP contribution in [0.2, 0.25) is 0 Å². The van der Waals surface area contributed by atoms with Crippen LogP contribution in [0.4, 0.5) is 22.0 Å². The predicted octanol–water partition coefficient (Wildman–Crippen LogP) is 1.85. The lowest BCUT2D eigenvalue weighted by atomic mass is 10.1. The molecule has 0 heterocycles. The van der Waals surface area contributed by atoms with E-state index in [-0.39, 0.29) is 12.5 Å². The minimum absolute atomic E-state index is 0.0196. The van der Waals surface area contributed by atoms with E-state index in [4.69, 9.17) is 5.73 Å². The third kappa shape index (κ3) is 2.47. The molecular weight excluding hydrogens is 283 g/mol. The molecule has 0 bridgehead atoms. The molecule has 1 aliphatic carbocycles. The molecule has 0 radical (unpaired) electrons. The van der Waals surface area contributed by atoms with E-state index in [2.05, 4.69) is 5.32 Å². The van der Waals surface area contributed by atoms with Crippen LogP contribution in [0, 0.1) is 35.0 Å². The van der Waals surface area contributed by atoms with Crippen LogP contribution in [0.3, 0.4) is 0 Å². The Balaban J connectivity index is 2.34. The summed E-state index contributed by atoms with van der Waals surface area (Å²) in [7, 11) is 0. The fourth-order valence-electron chi connectivity index (χ4n) is 1.91. The maximum Gasteiger partial charge on any atom is 0.257 e. The second-order valence-electron chi connectivity index (χ2n) is 4.60. The fourth-order valence-corrected chi connectivity index (χ4v) is 1.91. The number of benzene rings is 1. The van der Waals surface area contributed by atoms with E-state index in [0.717, 1.165) is 12.8 Å². The molecule has 20 heavy (non-hydrogen) atoms. The highest BCUT2D eigenvalue weighted by Crippen LogP contribution is 2.32. The molecule has 0 saturated heterocycles. The van der Waals surface area contributed by atoms with Gasteiger partial charge in [0.2, 0.25) is 5.82 Å². The van der Waals surface area contributed by atoms with Crippen LogP contribution in [0.25, 0.3) is 0 Å². The Labute approximate surface area is 110 Å². The van der Waals surface area contributed by atoms with Crippen molar-refractivity contribution in [2.75, 3.05) is 6.54 Å². The quantitative estimate of drug-likeness (QED) is 0.506. The van der Waals surface area contributed by atoms with Crippen molar-refractivity contribution in [2.24, 2.45) is 11.7 Å². The summed E-state index contributed by atoms with van der Waals surface area (Å²) < 4.78 is 65.6. The molecule has 1 atom stereocenters. The molecule has 2 rings (SSSR count). The van der Waals surface area contributed by atoms with Gasteiger partial charge in [0.1, 0.15) is 5.56 Å². The molecule has 3 N–H and O–H groups in total. The van der Waals surface area contributed by atoms with Gasteiger partial charge in [-0.3, -0.25) is 4.79 Å². The van der Waals surface area contributed by atoms with Gasteiger partial charge in [-0.05, 0) is 18.8 Å². The van der Waals surface area contributed by atoms with Crippen molar-refractivity contribution in [2.45, 2.75) is 18.9 Å². The van der Waals surface area contributed by atoms with Crippen LogP contribution < -0.4 is 11.1 Å². The van der Waals surface area contributed by atoms with Crippen LogP contribution >= 0.6 is 0 Å². The number of halogens is 5. The first-order chi connectivity index (χ1) is 9.38. The molecule has 3 nitrogen and oxygen atoms in total. The van der Waals surface area contributed by atoms with E-state index in [1.807, 2.05) is 0 Å². The Morgan fingerprint density at radius 3 is 1.90 bits per heavy atom. The lowest BCUT2D eigenvalue weighted by Gasteiger charge is -2.16. The Morgan fingerprint density at radius 2 is 1.50 bits per heavy atom. The molecule has 1 aromatic carbocycles. The largest absolute Gasteiger partial charge is 0.348 e. The molecule has 0 aromatic heterocycles. The van der Waals surface area contributed by atoms with Crippen LogP contribution in [-0.4, -0.2) is 18.5 Å². The second kappa shape index (κ2) is 5.35. The van der Waals surface area contributed by atoms with E-state index in [9.17, 15) is 26.7 Å². The van der Waals surface area contributed by atoms with Crippen LogP contribution in [0.1, 0.15) is 23.2 Å². The minimum atomic E-state index is -2.30. The number of carbonyl (C=O) groups is 1. The highest BCUT2D eigenvalue weighted by Gasteiger charge is 2.34. The maximum atomic E-state index is 13.4. The van der Waals surface area contributed by atoms with Crippen LogP contribution in [0.15, 0.2) is 0 Å². The standard InChI is InChI=1S/C12H11F5N2O/c13-7-6(8(14)10(16)11(17)9(7)15)12(20)19-5(3-18)4-1-2-4/h4-5H,1-3,18H2,(H,19,20). The van der Waals surface area contributed by atoms with Crippen molar-refractivity contribution in [3.63, 3.8) is 0 Å². The van der Waals surface area contributed by atoms with E-state index >= 15 is 0 Å². The van der Waals surface area contributed by atoms with E-state index in [1.54, 1.807) is 0 Å². The Kier molecular flexibility index (Phi) is 3.94. The zero-order valence-corrected chi connectivity index (χ0v) is 10.2. The number of hydrogen-bond donors (Lipinski definition) is 2. The van der Waals surface area contributed by atoms with Crippen molar-refractivity contribution in [3.8, 4) is 0 Å². The summed E-state index contributed by atoms with van der Waals surface area (Å²) in [5, 5.41) is 2.20. The van der Waals surface area contributed by atoms with Crippen LogP contribution in [0.5, 0.6) is 0 Å². The first kappa shape index (κ1) is 14.7. The van der Waals surface area contributed by atoms with Gasteiger partial charge in [-0.2, -0.15) is 0 Å². The molecule has 1 fully saturated rings. The van der Waals surface area contributed by atoms with E-state index < -0.39 is 46.6 Å². The molecule has 110 valence electrons. The third-order valence-electron chi connectivity index (χ3n) is 3.20. The molecule has 1 aromatic rings. The van der Waals surface area contributed by atoms with Crippen molar-refractivity contribution < 1.29 is 26.7 Å². The van der Waals surface area contributed by atoms with E-state index in [0.29, 0.717) is 0 Å². The first-order valence-corrected chi connectivity index (χ1v) is 5.90. The Hall–Kier alpha value is -1.70. The van der Waals surface area contributed by atoms with Gasteiger partial charge in [0, 0.05) is 12.6 Å². The topological polar surface area (TPSA) is 55.1 Å². The maximum absolute atomic E-state index is 13.4. The van der Waals surface area contributed by atoms with Crippen molar-refractivity contribution in [1.82, 2.24) is 5.32 Å². The average Bonchev–Trinajstić information content (AvgIpc) is 3.25. The summed E-state index contributed by atoms with van der Waals surface area (Å²) >= 11 is 0. The number of hydrogen-bond acceptors (Lipinski definition) is 2. The Bertz CT molecular complexity index is 530. The summed E-state index contributed by atoms with van der Waals surface area (Å²) in [6.07, 6.45) is 1.58. The number of rotatable bonds is 4. The summed E-state index contributed by atoms with van der Waals surface area (Å²) in [4.78, 5) is 11.7. The molecule has 1 saturated carbocycles. The molecular formula is C12H11F5N2O. The fraction of sp³-hybridized carbons (Fsp3) is 0.417. The number of nitrogens with one attached hydrogen (secondary N) is 1. The van der Waals surface area contributed by atoms with Gasteiger partial charge < -0.3 is 11.1 Å². The average molecular weight is 294 g/mol. The molecule has 0 aliphatic heterocycles. The first-order valence-electron chi connectivity index (χ1n) is 5.90. The number of carbonyl (C=O) groups excluding carboxylic acids is 1. The lowest BCUT2D eigenvalue weighted by Crippen LogP contribution is -2.42. The van der Waals surface area contributed by atoms with Gasteiger partial charge in [0.25, 0.3) is 5.91 Å². The highest BCUT2D eigenvalue weighted by atomic mass is 19.2. The molecule has 1 aliphatic rings. The van der Waals surface area contributed by atoms with Gasteiger partial charge in [-0.25, -0.2) is 22.0 Å². The van der Waals surface area contributed by atoms with Gasteiger partial charge >= 0.3 is 0 Å². The predicted molar refractivity (Wildman–Crippen MR) is 59.3 cm³/mol. The lowest BCUT2D eigenvalue weighted by molar-refractivity contribution is 0.0921.